The molecule has 120 valence electrons. The fourth-order valence-corrected chi connectivity index (χ4v) is 2.29. The third-order valence-corrected chi connectivity index (χ3v) is 3.45. The zero-order chi connectivity index (χ0) is 16.5. The van der Waals surface area contributed by atoms with Crippen LogP contribution in [0.4, 0.5) is 0 Å². The molecule has 0 aromatic heterocycles. The van der Waals surface area contributed by atoms with Crippen LogP contribution in [0.5, 0.6) is 5.75 Å². The highest BCUT2D eigenvalue weighted by Gasteiger charge is 2.17. The average Bonchev–Trinajstić information content (AvgIpc) is 3.10. The first-order valence-corrected chi connectivity index (χ1v) is 7.59. The van der Waals surface area contributed by atoms with E-state index in [1.165, 1.54) is 6.08 Å². The fourth-order valence-electron chi connectivity index (χ4n) is 2.29. The quantitative estimate of drug-likeness (QED) is 0.477. The lowest BCUT2D eigenvalue weighted by Gasteiger charge is -2.11. The van der Waals surface area contributed by atoms with Gasteiger partial charge in [-0.3, -0.25) is 4.79 Å². The van der Waals surface area contributed by atoms with E-state index in [1.807, 2.05) is 18.2 Å². The lowest BCUT2D eigenvalue weighted by molar-refractivity contribution is -0.117. The van der Waals surface area contributed by atoms with Crippen molar-refractivity contribution in [1.29, 1.82) is 5.26 Å². The molecule has 1 aromatic carbocycles. The molecule has 0 spiro atoms. The third kappa shape index (κ3) is 4.97. The van der Waals surface area contributed by atoms with Crippen molar-refractivity contribution in [2.75, 3.05) is 19.8 Å². The number of nitrogens with zero attached hydrogens (tertiary/aromatic N) is 1. The van der Waals surface area contributed by atoms with Crippen LogP contribution in [0.15, 0.2) is 42.5 Å². The molecule has 5 heteroatoms. The molecule has 1 aliphatic heterocycles. The molecule has 0 unspecified atom stereocenters. The van der Waals surface area contributed by atoms with Crippen molar-refractivity contribution in [3.05, 3.63) is 48.1 Å². The molecule has 0 saturated carbocycles. The fraction of sp³-hybridized carbons (Fsp3) is 0.333. The Morgan fingerprint density at radius 3 is 3.04 bits per heavy atom. The molecule has 5 nitrogen and oxygen atoms in total. The summed E-state index contributed by atoms with van der Waals surface area (Å²) in [6.45, 7) is 5.12. The minimum Gasteiger partial charge on any atom is -0.489 e. The summed E-state index contributed by atoms with van der Waals surface area (Å²) in [5.41, 5.74) is 0.718. The minimum absolute atomic E-state index is 0.0395. The predicted molar refractivity (Wildman–Crippen MR) is 87.7 cm³/mol. The second-order valence-corrected chi connectivity index (χ2v) is 5.15. The van der Waals surface area contributed by atoms with Gasteiger partial charge in [0.05, 0.1) is 6.10 Å². The number of nitrogens with one attached hydrogen (secondary N) is 1. The minimum atomic E-state index is -0.401. The van der Waals surface area contributed by atoms with Gasteiger partial charge in [0.2, 0.25) is 0 Å². The topological polar surface area (TPSA) is 71.3 Å². The van der Waals surface area contributed by atoms with Crippen molar-refractivity contribution in [3.63, 3.8) is 0 Å². The first kappa shape index (κ1) is 16.8. The number of ether oxygens (including phenoxy) is 2. The van der Waals surface area contributed by atoms with Crippen LogP contribution in [0.25, 0.3) is 6.08 Å². The van der Waals surface area contributed by atoms with E-state index in [9.17, 15) is 10.1 Å². The monoisotopic (exact) mass is 312 g/mol. The Labute approximate surface area is 136 Å². The number of benzene rings is 1. The maximum atomic E-state index is 12.1. The number of carbonyl (C=O) groups is 1. The summed E-state index contributed by atoms with van der Waals surface area (Å²) in [5.74, 6) is 0.202. The maximum absolute atomic E-state index is 12.1. The molecule has 1 amide bonds. The van der Waals surface area contributed by atoms with E-state index in [1.54, 1.807) is 18.2 Å². The van der Waals surface area contributed by atoms with Crippen LogP contribution in [0.2, 0.25) is 0 Å². The van der Waals surface area contributed by atoms with Crippen molar-refractivity contribution in [3.8, 4) is 11.8 Å². The number of rotatable bonds is 7. The van der Waals surface area contributed by atoms with Gasteiger partial charge in [0.15, 0.2) is 0 Å². The van der Waals surface area contributed by atoms with E-state index >= 15 is 0 Å². The molecule has 1 atom stereocenters. The molecular formula is C18H20N2O3. The largest absolute Gasteiger partial charge is 0.489 e. The molecule has 1 fully saturated rings. The molecule has 1 saturated heterocycles. The van der Waals surface area contributed by atoms with E-state index in [2.05, 4.69) is 11.9 Å². The van der Waals surface area contributed by atoms with Gasteiger partial charge in [-0.1, -0.05) is 30.9 Å². The number of hydrogen-bond donors (Lipinski definition) is 1. The van der Waals surface area contributed by atoms with Gasteiger partial charge in [-0.2, -0.15) is 5.26 Å². The molecule has 0 bridgehead atoms. The Morgan fingerprint density at radius 1 is 1.52 bits per heavy atom. The highest BCUT2D eigenvalue weighted by molar-refractivity contribution is 6.01. The predicted octanol–water partition coefficient (Wildman–Crippen LogP) is 2.45. The lowest BCUT2D eigenvalue weighted by Crippen LogP contribution is -2.32. The van der Waals surface area contributed by atoms with E-state index in [4.69, 9.17) is 9.47 Å². The summed E-state index contributed by atoms with van der Waals surface area (Å²) >= 11 is 0. The van der Waals surface area contributed by atoms with Gasteiger partial charge in [-0.15, -0.1) is 0 Å². The smallest absolute Gasteiger partial charge is 0.262 e. The van der Waals surface area contributed by atoms with Crippen molar-refractivity contribution in [2.45, 2.75) is 18.9 Å². The van der Waals surface area contributed by atoms with E-state index < -0.39 is 5.91 Å². The number of hydrogen-bond acceptors (Lipinski definition) is 4. The van der Waals surface area contributed by atoms with Crippen LogP contribution < -0.4 is 10.1 Å². The first-order chi connectivity index (χ1) is 11.2. The Bertz CT molecular complexity index is 625. The normalized spacial score (nSPS) is 17.3. The van der Waals surface area contributed by atoms with Crippen molar-refractivity contribution >= 4 is 12.0 Å². The van der Waals surface area contributed by atoms with Gasteiger partial charge in [0.1, 0.15) is 24.0 Å². The summed E-state index contributed by atoms with van der Waals surface area (Å²) in [7, 11) is 0. The SMILES string of the molecule is C=CCOc1ccccc1/C=C(\C#N)C(=O)NC[C@H]1CCCO1. The molecule has 23 heavy (non-hydrogen) atoms. The Hall–Kier alpha value is -2.58. The van der Waals surface area contributed by atoms with E-state index in [-0.39, 0.29) is 11.7 Å². The zero-order valence-electron chi connectivity index (χ0n) is 13.0. The average molecular weight is 312 g/mol. The number of carbonyl (C=O) groups excluding carboxylic acids is 1. The van der Waals surface area contributed by atoms with Gasteiger partial charge in [-0.25, -0.2) is 0 Å². The van der Waals surface area contributed by atoms with Gasteiger partial charge in [0, 0.05) is 18.7 Å². The molecule has 0 aliphatic carbocycles. The molecule has 2 rings (SSSR count). The standard InChI is InChI=1S/C18H20N2O3/c1-2-9-23-17-8-4-3-6-14(17)11-15(12-19)18(21)20-13-16-7-5-10-22-16/h2-4,6,8,11,16H,1,5,7,9-10,13H2,(H,20,21)/b15-11+/t16-/m1/s1. The Morgan fingerprint density at radius 2 is 2.35 bits per heavy atom. The molecule has 1 heterocycles. The van der Waals surface area contributed by atoms with Crippen molar-refractivity contribution < 1.29 is 14.3 Å². The van der Waals surface area contributed by atoms with E-state index in [0.29, 0.717) is 24.5 Å². The maximum Gasteiger partial charge on any atom is 0.262 e. The summed E-state index contributed by atoms with van der Waals surface area (Å²) in [6.07, 6.45) is 5.16. The third-order valence-electron chi connectivity index (χ3n) is 3.45. The van der Waals surface area contributed by atoms with Crippen LogP contribution in [-0.4, -0.2) is 31.8 Å². The first-order valence-electron chi connectivity index (χ1n) is 7.59. The van der Waals surface area contributed by atoms with Crippen molar-refractivity contribution in [1.82, 2.24) is 5.32 Å². The Balaban J connectivity index is 2.06. The molecule has 1 N–H and O–H groups in total. The second kappa shape index (κ2) is 8.76. The molecule has 1 aromatic rings. The highest BCUT2D eigenvalue weighted by atomic mass is 16.5. The number of para-hydroxylation sites is 1. The Kier molecular flexibility index (Phi) is 6.40. The van der Waals surface area contributed by atoms with Gasteiger partial charge >= 0.3 is 0 Å². The second-order valence-electron chi connectivity index (χ2n) is 5.15. The molecular weight excluding hydrogens is 292 g/mol. The van der Waals surface area contributed by atoms with Gasteiger partial charge in [0.25, 0.3) is 5.91 Å². The van der Waals surface area contributed by atoms with Gasteiger partial charge < -0.3 is 14.8 Å². The van der Waals surface area contributed by atoms with Crippen LogP contribution in [0.3, 0.4) is 0 Å². The molecule has 1 aliphatic rings. The summed E-state index contributed by atoms with van der Waals surface area (Å²) in [6, 6.07) is 9.18. The zero-order valence-corrected chi connectivity index (χ0v) is 13.0. The number of amides is 1. The van der Waals surface area contributed by atoms with Crippen LogP contribution in [0, 0.1) is 11.3 Å². The highest BCUT2D eigenvalue weighted by Crippen LogP contribution is 2.21. The number of nitriles is 1. The van der Waals surface area contributed by atoms with Crippen LogP contribution >= 0.6 is 0 Å². The summed E-state index contributed by atoms with van der Waals surface area (Å²) in [4.78, 5) is 12.1. The summed E-state index contributed by atoms with van der Waals surface area (Å²) < 4.78 is 11.0. The van der Waals surface area contributed by atoms with Crippen LogP contribution in [-0.2, 0) is 9.53 Å². The van der Waals surface area contributed by atoms with Crippen molar-refractivity contribution in [2.24, 2.45) is 0 Å². The van der Waals surface area contributed by atoms with Crippen LogP contribution in [0.1, 0.15) is 18.4 Å². The lowest BCUT2D eigenvalue weighted by atomic mass is 10.1. The van der Waals surface area contributed by atoms with E-state index in [0.717, 1.165) is 19.4 Å². The summed E-state index contributed by atoms with van der Waals surface area (Å²) in [5, 5.41) is 12.0. The molecule has 0 radical (unpaired) electrons. The van der Waals surface area contributed by atoms with Gasteiger partial charge in [-0.05, 0) is 25.0 Å².